The summed E-state index contributed by atoms with van der Waals surface area (Å²) in [7, 11) is 0. The lowest BCUT2D eigenvalue weighted by Crippen LogP contribution is -2.14. The van der Waals surface area contributed by atoms with E-state index in [0.29, 0.717) is 6.61 Å². The van der Waals surface area contributed by atoms with E-state index in [0.717, 1.165) is 24.3 Å². The molecule has 13 heavy (non-hydrogen) atoms. The number of fused-ring (bicyclic) bond motifs is 1. The summed E-state index contributed by atoms with van der Waals surface area (Å²) in [5.41, 5.74) is 9.21. The van der Waals surface area contributed by atoms with Gasteiger partial charge in [-0.1, -0.05) is 0 Å². The molecule has 0 bridgehead atoms. The van der Waals surface area contributed by atoms with Crippen molar-refractivity contribution in [1.29, 1.82) is 0 Å². The number of hydrogen-bond acceptors (Lipinski definition) is 3. The van der Waals surface area contributed by atoms with Crippen LogP contribution < -0.4 is 5.73 Å². The van der Waals surface area contributed by atoms with Crippen molar-refractivity contribution in [3.8, 4) is 0 Å². The van der Waals surface area contributed by atoms with Gasteiger partial charge in [0.05, 0.1) is 13.2 Å². The molecule has 3 heteroatoms. The zero-order chi connectivity index (χ0) is 9.26. The van der Waals surface area contributed by atoms with Crippen molar-refractivity contribution < 1.29 is 4.74 Å². The fourth-order valence-electron chi connectivity index (χ4n) is 1.51. The molecule has 0 aromatic carbocycles. The third-order valence-corrected chi connectivity index (χ3v) is 2.35. The van der Waals surface area contributed by atoms with Gasteiger partial charge in [-0.25, -0.2) is 0 Å². The van der Waals surface area contributed by atoms with Gasteiger partial charge < -0.3 is 10.5 Å². The molecule has 0 aliphatic carbocycles. The van der Waals surface area contributed by atoms with E-state index in [1.54, 1.807) is 0 Å². The lowest BCUT2D eigenvalue weighted by molar-refractivity contribution is 0.109. The summed E-state index contributed by atoms with van der Waals surface area (Å²) in [4.78, 5) is 4.38. The van der Waals surface area contributed by atoms with Crippen molar-refractivity contribution in [3.05, 3.63) is 29.1 Å². The number of nitrogens with zero attached hydrogens (tertiary/aromatic N) is 1. The van der Waals surface area contributed by atoms with Crippen LogP contribution in [0.3, 0.4) is 0 Å². The van der Waals surface area contributed by atoms with Gasteiger partial charge in [0.2, 0.25) is 0 Å². The predicted octanol–water partition coefficient (Wildman–Crippen LogP) is 1.17. The van der Waals surface area contributed by atoms with Gasteiger partial charge >= 0.3 is 0 Å². The second-order valence-electron chi connectivity index (χ2n) is 3.47. The number of rotatable bonds is 1. The largest absolute Gasteiger partial charge is 0.376 e. The SMILES string of the molecule is CC(N)c1cnc2c(c1)COCC2. The molecule has 1 aromatic rings. The molecule has 3 nitrogen and oxygen atoms in total. The van der Waals surface area contributed by atoms with E-state index in [-0.39, 0.29) is 6.04 Å². The molecule has 1 unspecified atom stereocenters. The van der Waals surface area contributed by atoms with Gasteiger partial charge in [0, 0.05) is 24.4 Å². The Balaban J connectivity index is 2.35. The number of ether oxygens (including phenoxy) is 1. The van der Waals surface area contributed by atoms with E-state index in [4.69, 9.17) is 10.5 Å². The summed E-state index contributed by atoms with van der Waals surface area (Å²) >= 11 is 0. The van der Waals surface area contributed by atoms with E-state index in [9.17, 15) is 0 Å². The molecule has 0 saturated heterocycles. The average molecular weight is 178 g/mol. The highest BCUT2D eigenvalue weighted by molar-refractivity contribution is 5.27. The lowest BCUT2D eigenvalue weighted by Gasteiger charge is -2.17. The molecule has 0 amide bonds. The van der Waals surface area contributed by atoms with Crippen LogP contribution in [0.1, 0.15) is 29.8 Å². The van der Waals surface area contributed by atoms with Crippen LogP contribution in [0.4, 0.5) is 0 Å². The van der Waals surface area contributed by atoms with Crippen molar-refractivity contribution in [1.82, 2.24) is 4.98 Å². The standard InChI is InChI=1S/C10H14N2O/c1-7(11)8-4-9-6-13-3-2-10(9)12-5-8/h4-5,7H,2-3,6,11H2,1H3. The second-order valence-corrected chi connectivity index (χ2v) is 3.47. The van der Waals surface area contributed by atoms with Crippen molar-refractivity contribution >= 4 is 0 Å². The summed E-state index contributed by atoms with van der Waals surface area (Å²) in [6.07, 6.45) is 2.80. The highest BCUT2D eigenvalue weighted by atomic mass is 16.5. The topological polar surface area (TPSA) is 48.1 Å². The molecular formula is C10H14N2O. The van der Waals surface area contributed by atoms with Gasteiger partial charge in [-0.2, -0.15) is 0 Å². The molecule has 0 spiro atoms. The Hall–Kier alpha value is -0.930. The maximum atomic E-state index is 5.77. The first-order valence-corrected chi connectivity index (χ1v) is 4.58. The van der Waals surface area contributed by atoms with Crippen LogP contribution >= 0.6 is 0 Å². The molecule has 2 heterocycles. The summed E-state index contributed by atoms with van der Waals surface area (Å²) < 4.78 is 5.35. The van der Waals surface area contributed by atoms with Crippen LogP contribution in [0.25, 0.3) is 0 Å². The van der Waals surface area contributed by atoms with E-state index in [2.05, 4.69) is 11.1 Å². The summed E-state index contributed by atoms with van der Waals surface area (Å²) in [5, 5.41) is 0. The fraction of sp³-hybridized carbons (Fsp3) is 0.500. The summed E-state index contributed by atoms with van der Waals surface area (Å²) in [6.45, 7) is 3.44. The number of aromatic nitrogens is 1. The molecule has 0 fully saturated rings. The Bertz CT molecular complexity index is 310. The smallest absolute Gasteiger partial charge is 0.0734 e. The van der Waals surface area contributed by atoms with Crippen LogP contribution in [-0.4, -0.2) is 11.6 Å². The first kappa shape index (κ1) is 8.66. The highest BCUT2D eigenvalue weighted by Gasteiger charge is 2.11. The van der Waals surface area contributed by atoms with Gasteiger partial charge in [-0.15, -0.1) is 0 Å². The van der Waals surface area contributed by atoms with Crippen LogP contribution in [0, 0.1) is 0 Å². The first-order valence-electron chi connectivity index (χ1n) is 4.58. The molecule has 2 N–H and O–H groups in total. The minimum Gasteiger partial charge on any atom is -0.376 e. The van der Waals surface area contributed by atoms with E-state index < -0.39 is 0 Å². The van der Waals surface area contributed by atoms with E-state index in [1.807, 2.05) is 13.1 Å². The van der Waals surface area contributed by atoms with E-state index >= 15 is 0 Å². The zero-order valence-electron chi connectivity index (χ0n) is 7.79. The molecule has 70 valence electrons. The van der Waals surface area contributed by atoms with Crippen molar-refractivity contribution in [2.24, 2.45) is 5.73 Å². The summed E-state index contributed by atoms with van der Waals surface area (Å²) in [5.74, 6) is 0. The van der Waals surface area contributed by atoms with Crippen LogP contribution in [0.15, 0.2) is 12.3 Å². The predicted molar refractivity (Wildman–Crippen MR) is 50.2 cm³/mol. The quantitative estimate of drug-likeness (QED) is 0.702. The van der Waals surface area contributed by atoms with E-state index in [1.165, 1.54) is 5.56 Å². The van der Waals surface area contributed by atoms with Gasteiger partial charge in [-0.3, -0.25) is 4.98 Å². The normalized spacial score (nSPS) is 18.0. The average Bonchev–Trinajstić information content (AvgIpc) is 2.17. The Labute approximate surface area is 77.9 Å². The molecule has 1 aromatic heterocycles. The summed E-state index contributed by atoms with van der Waals surface area (Å²) in [6, 6.07) is 2.16. The Morgan fingerprint density at radius 2 is 2.46 bits per heavy atom. The Morgan fingerprint density at radius 3 is 3.23 bits per heavy atom. The zero-order valence-corrected chi connectivity index (χ0v) is 7.79. The van der Waals surface area contributed by atoms with Crippen LogP contribution in [0.2, 0.25) is 0 Å². The second kappa shape index (κ2) is 3.44. The van der Waals surface area contributed by atoms with Gasteiger partial charge in [0.15, 0.2) is 0 Å². The minimum atomic E-state index is 0.0553. The molecule has 1 aliphatic rings. The van der Waals surface area contributed by atoms with Crippen molar-refractivity contribution in [2.75, 3.05) is 6.61 Å². The van der Waals surface area contributed by atoms with Crippen LogP contribution in [-0.2, 0) is 17.8 Å². The highest BCUT2D eigenvalue weighted by Crippen LogP contribution is 2.18. The first-order chi connectivity index (χ1) is 6.27. The molecular weight excluding hydrogens is 164 g/mol. The fourth-order valence-corrected chi connectivity index (χ4v) is 1.51. The molecule has 0 radical (unpaired) electrons. The van der Waals surface area contributed by atoms with Crippen molar-refractivity contribution in [2.45, 2.75) is 26.0 Å². The maximum Gasteiger partial charge on any atom is 0.0734 e. The lowest BCUT2D eigenvalue weighted by atomic mass is 10.0. The maximum absolute atomic E-state index is 5.77. The van der Waals surface area contributed by atoms with Gasteiger partial charge in [0.25, 0.3) is 0 Å². The monoisotopic (exact) mass is 178 g/mol. The van der Waals surface area contributed by atoms with Crippen LogP contribution in [0.5, 0.6) is 0 Å². The minimum absolute atomic E-state index is 0.0553. The molecule has 2 rings (SSSR count). The third-order valence-electron chi connectivity index (χ3n) is 2.35. The van der Waals surface area contributed by atoms with Gasteiger partial charge in [-0.05, 0) is 24.1 Å². The Kier molecular flexibility index (Phi) is 2.29. The molecule has 0 saturated carbocycles. The Morgan fingerprint density at radius 1 is 1.62 bits per heavy atom. The molecule has 1 aliphatic heterocycles. The number of nitrogens with two attached hydrogens (primary N) is 1. The van der Waals surface area contributed by atoms with Gasteiger partial charge in [0.1, 0.15) is 0 Å². The van der Waals surface area contributed by atoms with Crippen molar-refractivity contribution in [3.63, 3.8) is 0 Å². The number of hydrogen-bond donors (Lipinski definition) is 1. The molecule has 1 atom stereocenters. The third kappa shape index (κ3) is 1.71. The number of pyridine rings is 1.